The molecule has 1 aromatic rings. The molecule has 0 aliphatic carbocycles. The van der Waals surface area contributed by atoms with Gasteiger partial charge in [0.1, 0.15) is 6.61 Å². The van der Waals surface area contributed by atoms with Gasteiger partial charge >= 0.3 is 0 Å². The largest absolute Gasteiger partial charge is 0.489 e. The molecule has 1 amide bonds. The molecule has 0 unspecified atom stereocenters. The highest BCUT2D eigenvalue weighted by molar-refractivity contribution is 5.78. The van der Waals surface area contributed by atoms with Crippen molar-refractivity contribution in [2.24, 2.45) is 0 Å². The van der Waals surface area contributed by atoms with Gasteiger partial charge in [0.2, 0.25) is 5.91 Å². The van der Waals surface area contributed by atoms with Gasteiger partial charge in [-0.1, -0.05) is 12.1 Å². The molecule has 112 valence electrons. The highest BCUT2D eigenvalue weighted by Crippen LogP contribution is 2.14. The van der Waals surface area contributed by atoms with Crippen molar-refractivity contribution in [2.75, 3.05) is 39.8 Å². The van der Waals surface area contributed by atoms with E-state index in [1.54, 1.807) is 23.1 Å². The fourth-order valence-corrected chi connectivity index (χ4v) is 1.86. The van der Waals surface area contributed by atoms with Crippen molar-refractivity contribution in [1.29, 1.82) is 0 Å². The molecule has 0 aromatic heterocycles. The Kier molecular flexibility index (Phi) is 7.01. The van der Waals surface area contributed by atoms with Gasteiger partial charge in [0, 0.05) is 19.6 Å². The average Bonchev–Trinajstić information content (AvgIpc) is 2.42. The lowest BCUT2D eigenvalue weighted by molar-refractivity contribution is -0.131. The molecule has 5 heteroatoms. The third kappa shape index (κ3) is 5.17. The van der Waals surface area contributed by atoms with E-state index in [9.17, 15) is 9.18 Å². The maximum atomic E-state index is 13.3. The van der Waals surface area contributed by atoms with Gasteiger partial charge in [-0.3, -0.25) is 9.69 Å². The van der Waals surface area contributed by atoms with Gasteiger partial charge in [0.05, 0.1) is 6.54 Å². The van der Waals surface area contributed by atoms with Gasteiger partial charge in [-0.2, -0.15) is 0 Å². The summed E-state index contributed by atoms with van der Waals surface area (Å²) in [5, 5.41) is 0. The molecule has 0 aliphatic heterocycles. The molecule has 0 spiro atoms. The summed E-state index contributed by atoms with van der Waals surface area (Å²) < 4.78 is 18.7. The SMILES string of the molecule is CCN(CC)C(=O)CN(C)CCOc1ccccc1F. The van der Waals surface area contributed by atoms with E-state index in [4.69, 9.17) is 4.74 Å². The summed E-state index contributed by atoms with van der Waals surface area (Å²) in [5.74, 6) is -0.0197. The second-order valence-corrected chi connectivity index (χ2v) is 4.58. The number of para-hydroxylation sites is 1. The number of hydrogen-bond acceptors (Lipinski definition) is 3. The number of benzene rings is 1. The zero-order valence-corrected chi connectivity index (χ0v) is 12.4. The number of carbonyl (C=O) groups is 1. The van der Waals surface area contributed by atoms with E-state index in [1.807, 2.05) is 25.8 Å². The van der Waals surface area contributed by atoms with E-state index in [1.165, 1.54) is 6.07 Å². The van der Waals surface area contributed by atoms with E-state index < -0.39 is 0 Å². The Hall–Kier alpha value is -1.62. The molecule has 0 N–H and O–H groups in total. The second-order valence-electron chi connectivity index (χ2n) is 4.58. The first-order chi connectivity index (χ1) is 9.58. The zero-order chi connectivity index (χ0) is 15.0. The van der Waals surface area contributed by atoms with Crippen molar-refractivity contribution >= 4 is 5.91 Å². The van der Waals surface area contributed by atoms with Crippen LogP contribution in [0.4, 0.5) is 4.39 Å². The topological polar surface area (TPSA) is 32.8 Å². The summed E-state index contributed by atoms with van der Waals surface area (Å²) in [7, 11) is 1.85. The molecule has 4 nitrogen and oxygen atoms in total. The van der Waals surface area contributed by atoms with Gasteiger partial charge in [-0.05, 0) is 33.0 Å². The first-order valence-electron chi connectivity index (χ1n) is 6.92. The van der Waals surface area contributed by atoms with Crippen LogP contribution in [-0.4, -0.2) is 55.5 Å². The van der Waals surface area contributed by atoms with Crippen LogP contribution in [0.3, 0.4) is 0 Å². The fourth-order valence-electron chi connectivity index (χ4n) is 1.86. The number of carbonyl (C=O) groups excluding carboxylic acids is 1. The summed E-state index contributed by atoms with van der Waals surface area (Å²) in [6.07, 6.45) is 0. The van der Waals surface area contributed by atoms with E-state index in [-0.39, 0.29) is 17.5 Å². The van der Waals surface area contributed by atoms with Crippen LogP contribution in [0.5, 0.6) is 5.75 Å². The number of rotatable bonds is 8. The summed E-state index contributed by atoms with van der Waals surface area (Å²) in [6, 6.07) is 6.31. The minimum Gasteiger partial charge on any atom is -0.489 e. The van der Waals surface area contributed by atoms with E-state index in [2.05, 4.69) is 0 Å². The van der Waals surface area contributed by atoms with E-state index >= 15 is 0 Å². The maximum absolute atomic E-state index is 13.3. The molecule has 0 saturated carbocycles. The Morgan fingerprint density at radius 3 is 2.50 bits per heavy atom. The van der Waals surface area contributed by atoms with Crippen molar-refractivity contribution in [3.63, 3.8) is 0 Å². The highest BCUT2D eigenvalue weighted by atomic mass is 19.1. The first-order valence-corrected chi connectivity index (χ1v) is 6.92. The van der Waals surface area contributed by atoms with Crippen molar-refractivity contribution in [1.82, 2.24) is 9.80 Å². The van der Waals surface area contributed by atoms with Crippen LogP contribution in [0.1, 0.15) is 13.8 Å². The Morgan fingerprint density at radius 2 is 1.90 bits per heavy atom. The van der Waals surface area contributed by atoms with Crippen molar-refractivity contribution < 1.29 is 13.9 Å². The molecule has 0 fully saturated rings. The Bertz CT molecular complexity index is 422. The quantitative estimate of drug-likeness (QED) is 0.731. The number of likely N-dealkylation sites (N-methyl/N-ethyl adjacent to an activating group) is 2. The lowest BCUT2D eigenvalue weighted by Crippen LogP contribution is -2.39. The van der Waals surface area contributed by atoms with Crippen molar-refractivity contribution in [2.45, 2.75) is 13.8 Å². The Morgan fingerprint density at radius 1 is 1.25 bits per heavy atom. The normalized spacial score (nSPS) is 10.7. The van der Waals surface area contributed by atoms with Crippen LogP contribution < -0.4 is 4.74 Å². The molecule has 0 aliphatic rings. The molecule has 20 heavy (non-hydrogen) atoms. The van der Waals surface area contributed by atoms with Crippen LogP contribution in [0.25, 0.3) is 0 Å². The minimum absolute atomic E-state index is 0.100. The van der Waals surface area contributed by atoms with Gasteiger partial charge in [0.15, 0.2) is 11.6 Å². The van der Waals surface area contributed by atoms with Gasteiger partial charge < -0.3 is 9.64 Å². The summed E-state index contributed by atoms with van der Waals surface area (Å²) in [6.45, 7) is 6.63. The number of nitrogens with zero attached hydrogens (tertiary/aromatic N) is 2. The molecule has 0 saturated heterocycles. The number of amides is 1. The fraction of sp³-hybridized carbons (Fsp3) is 0.533. The van der Waals surface area contributed by atoms with Gasteiger partial charge in [-0.15, -0.1) is 0 Å². The van der Waals surface area contributed by atoms with Crippen LogP contribution in [0, 0.1) is 5.82 Å². The van der Waals surface area contributed by atoms with Gasteiger partial charge in [0.25, 0.3) is 0 Å². The van der Waals surface area contributed by atoms with Crippen LogP contribution in [0.2, 0.25) is 0 Å². The minimum atomic E-state index is -0.366. The zero-order valence-electron chi connectivity index (χ0n) is 12.4. The smallest absolute Gasteiger partial charge is 0.236 e. The average molecular weight is 282 g/mol. The molecular weight excluding hydrogens is 259 g/mol. The molecule has 0 heterocycles. The predicted molar refractivity (Wildman–Crippen MR) is 77.3 cm³/mol. The monoisotopic (exact) mass is 282 g/mol. The summed E-state index contributed by atoms with van der Waals surface area (Å²) in [4.78, 5) is 15.5. The van der Waals surface area contributed by atoms with Crippen molar-refractivity contribution in [3.05, 3.63) is 30.1 Å². The number of halogens is 1. The maximum Gasteiger partial charge on any atom is 0.236 e. The molecule has 1 aromatic carbocycles. The lowest BCUT2D eigenvalue weighted by Gasteiger charge is -2.23. The second kappa shape index (κ2) is 8.53. The summed E-state index contributed by atoms with van der Waals surface area (Å²) in [5.41, 5.74) is 0. The lowest BCUT2D eigenvalue weighted by atomic mass is 10.3. The third-order valence-corrected chi connectivity index (χ3v) is 3.09. The standard InChI is InChI=1S/C15H23FN2O2/c1-4-18(5-2)15(19)12-17(3)10-11-20-14-9-7-6-8-13(14)16/h6-9H,4-5,10-12H2,1-3H3. The molecular formula is C15H23FN2O2. The third-order valence-electron chi connectivity index (χ3n) is 3.09. The molecule has 0 radical (unpaired) electrons. The van der Waals surface area contributed by atoms with Crippen LogP contribution in [0.15, 0.2) is 24.3 Å². The van der Waals surface area contributed by atoms with Crippen molar-refractivity contribution in [3.8, 4) is 5.75 Å². The number of ether oxygens (including phenoxy) is 1. The molecule has 0 bridgehead atoms. The van der Waals surface area contributed by atoms with E-state index in [0.717, 1.165) is 13.1 Å². The first kappa shape index (κ1) is 16.4. The summed E-state index contributed by atoms with van der Waals surface area (Å²) >= 11 is 0. The van der Waals surface area contributed by atoms with Crippen LogP contribution in [-0.2, 0) is 4.79 Å². The molecule has 0 atom stereocenters. The van der Waals surface area contributed by atoms with Gasteiger partial charge in [-0.25, -0.2) is 4.39 Å². The predicted octanol–water partition coefficient (Wildman–Crippen LogP) is 2.00. The molecule has 1 rings (SSSR count). The Labute approximate surface area is 120 Å². The number of hydrogen-bond donors (Lipinski definition) is 0. The van der Waals surface area contributed by atoms with Crippen LogP contribution >= 0.6 is 0 Å². The highest BCUT2D eigenvalue weighted by Gasteiger charge is 2.12. The Balaban J connectivity index is 2.32. The van der Waals surface area contributed by atoms with E-state index in [0.29, 0.717) is 19.7 Å².